The van der Waals surface area contributed by atoms with Crippen LogP contribution in [0.15, 0.2) is 90.8 Å². The highest BCUT2D eigenvalue weighted by Crippen LogP contribution is 2.48. The molecule has 0 aromatic heterocycles. The lowest BCUT2D eigenvalue weighted by molar-refractivity contribution is -0.269. The molecule has 1 atom stereocenters. The zero-order valence-electron chi connectivity index (χ0n) is 19.3. The van der Waals surface area contributed by atoms with Crippen molar-refractivity contribution in [1.29, 1.82) is 0 Å². The van der Waals surface area contributed by atoms with E-state index in [2.05, 4.69) is 93.7 Å². The summed E-state index contributed by atoms with van der Waals surface area (Å²) in [4.78, 5) is 6.89. The predicted octanol–water partition coefficient (Wildman–Crippen LogP) is 5.46. The van der Waals surface area contributed by atoms with Gasteiger partial charge in [-0.2, -0.15) is 0 Å². The Labute approximate surface area is 200 Å². The maximum Gasteiger partial charge on any atom is 0.347 e. The Morgan fingerprint density at radius 1 is 0.706 bits per heavy atom. The summed E-state index contributed by atoms with van der Waals surface area (Å²) in [5.41, 5.74) is 1.08. The third-order valence-electron chi connectivity index (χ3n) is 7.45. The fourth-order valence-electron chi connectivity index (χ4n) is 5.72. The summed E-state index contributed by atoms with van der Waals surface area (Å²) in [6, 6.07) is 19.7. The van der Waals surface area contributed by atoms with E-state index in [0.29, 0.717) is 0 Å². The van der Waals surface area contributed by atoms with Crippen LogP contribution in [0.2, 0.25) is 0 Å². The number of likely N-dealkylation sites (tertiary alicyclic amines) is 1. The minimum Gasteiger partial charge on any atom is -0.414 e. The van der Waals surface area contributed by atoms with E-state index in [1.807, 2.05) is 0 Å². The molecule has 172 valence electrons. The van der Waals surface area contributed by atoms with Crippen molar-refractivity contribution in [2.24, 2.45) is 0 Å². The van der Waals surface area contributed by atoms with Crippen molar-refractivity contribution in [3.8, 4) is 0 Å². The van der Waals surface area contributed by atoms with Crippen LogP contribution in [-0.4, -0.2) is 47.4 Å². The first-order valence-corrected chi connectivity index (χ1v) is 12.4. The van der Waals surface area contributed by atoms with E-state index in [1.165, 1.54) is 21.5 Å². The fraction of sp³-hybridized carbons (Fsp3) is 0.310. The molecule has 34 heavy (non-hydrogen) atoms. The van der Waals surface area contributed by atoms with Gasteiger partial charge in [0, 0.05) is 38.9 Å². The largest absolute Gasteiger partial charge is 0.414 e. The SMILES string of the molecule is C1=CN(C2=C(N3CC=CC3)OC(c3cccc4cc5ccccc5cc34)(N3CCCC3)O2)CC1. The zero-order chi connectivity index (χ0) is 22.5. The Morgan fingerprint density at radius 2 is 1.44 bits per heavy atom. The monoisotopic (exact) mass is 451 g/mol. The minimum atomic E-state index is -0.970. The first kappa shape index (κ1) is 20.0. The van der Waals surface area contributed by atoms with Crippen molar-refractivity contribution in [3.05, 3.63) is 96.4 Å². The minimum absolute atomic E-state index is 0.835. The Hall–Kier alpha value is -3.44. The Balaban J connectivity index is 1.41. The molecule has 5 heteroatoms. The average molecular weight is 452 g/mol. The summed E-state index contributed by atoms with van der Waals surface area (Å²) in [6.45, 7) is 4.52. The van der Waals surface area contributed by atoms with Gasteiger partial charge in [-0.15, -0.1) is 0 Å². The molecule has 0 saturated carbocycles. The highest BCUT2D eigenvalue weighted by atomic mass is 16.8. The molecule has 4 heterocycles. The number of ether oxygens (including phenoxy) is 2. The van der Waals surface area contributed by atoms with Crippen LogP contribution in [0.25, 0.3) is 21.5 Å². The Kier molecular flexibility index (Phi) is 4.59. The van der Waals surface area contributed by atoms with Gasteiger partial charge in [0.15, 0.2) is 0 Å². The van der Waals surface area contributed by atoms with E-state index >= 15 is 0 Å². The van der Waals surface area contributed by atoms with E-state index in [0.717, 1.165) is 69.3 Å². The van der Waals surface area contributed by atoms with Gasteiger partial charge < -0.3 is 19.3 Å². The molecule has 3 aromatic rings. The summed E-state index contributed by atoms with van der Waals surface area (Å²) in [7, 11) is 0. The summed E-state index contributed by atoms with van der Waals surface area (Å²) < 4.78 is 14.1. The standard InChI is InChI=1S/C29H29N3O2/c1-2-11-23-21-25-24(20-22(23)10-1)12-9-13-26(25)29(32-18-7-8-19-32)33-27(30-14-3-4-15-30)28(34-29)31-16-5-6-17-31/h1-5,9-13,16,20-21H,6-8,14-15,17-19H2. The Morgan fingerprint density at radius 3 is 2.21 bits per heavy atom. The lowest BCUT2D eigenvalue weighted by atomic mass is 9.97. The van der Waals surface area contributed by atoms with Crippen LogP contribution in [0.1, 0.15) is 24.8 Å². The first-order chi connectivity index (χ1) is 16.8. The molecule has 1 unspecified atom stereocenters. The molecule has 0 spiro atoms. The molecule has 7 rings (SSSR count). The van der Waals surface area contributed by atoms with Gasteiger partial charge in [0.05, 0.1) is 5.56 Å². The molecular formula is C29H29N3O2. The maximum atomic E-state index is 7.04. The van der Waals surface area contributed by atoms with Crippen LogP contribution in [0, 0.1) is 0 Å². The van der Waals surface area contributed by atoms with E-state index in [9.17, 15) is 0 Å². The van der Waals surface area contributed by atoms with Crippen molar-refractivity contribution in [2.45, 2.75) is 25.2 Å². The highest BCUT2D eigenvalue weighted by Gasteiger charge is 2.54. The first-order valence-electron chi connectivity index (χ1n) is 12.4. The number of nitrogens with zero attached hydrogens (tertiary/aromatic N) is 3. The molecular weight excluding hydrogens is 422 g/mol. The normalized spacial score (nSPS) is 24.7. The summed E-state index contributed by atoms with van der Waals surface area (Å²) >= 11 is 0. The van der Waals surface area contributed by atoms with E-state index in [4.69, 9.17) is 9.47 Å². The van der Waals surface area contributed by atoms with Gasteiger partial charge in [-0.3, -0.25) is 0 Å². The maximum absolute atomic E-state index is 7.04. The van der Waals surface area contributed by atoms with Crippen LogP contribution in [0.5, 0.6) is 0 Å². The third kappa shape index (κ3) is 3.03. The van der Waals surface area contributed by atoms with Crippen LogP contribution in [0.4, 0.5) is 0 Å². The number of fused-ring (bicyclic) bond motifs is 2. The van der Waals surface area contributed by atoms with Crippen molar-refractivity contribution >= 4 is 21.5 Å². The van der Waals surface area contributed by atoms with E-state index < -0.39 is 5.91 Å². The molecule has 0 bridgehead atoms. The second-order valence-electron chi connectivity index (χ2n) is 9.56. The van der Waals surface area contributed by atoms with Crippen LogP contribution in [0.3, 0.4) is 0 Å². The molecule has 1 fully saturated rings. The predicted molar refractivity (Wildman–Crippen MR) is 134 cm³/mol. The summed E-state index contributed by atoms with van der Waals surface area (Å²) in [5, 5.41) is 4.88. The summed E-state index contributed by atoms with van der Waals surface area (Å²) in [6.07, 6.45) is 12.1. The van der Waals surface area contributed by atoms with Crippen LogP contribution >= 0.6 is 0 Å². The number of hydrogen-bond donors (Lipinski definition) is 0. The number of rotatable bonds is 4. The van der Waals surface area contributed by atoms with Gasteiger partial charge in [0.25, 0.3) is 11.8 Å². The molecule has 4 aliphatic heterocycles. The molecule has 0 N–H and O–H groups in total. The summed E-state index contributed by atoms with van der Waals surface area (Å²) in [5.74, 6) is 0.714. The molecule has 0 amide bonds. The third-order valence-corrected chi connectivity index (χ3v) is 7.45. The smallest absolute Gasteiger partial charge is 0.347 e. The fourth-order valence-corrected chi connectivity index (χ4v) is 5.72. The van der Waals surface area contributed by atoms with Crippen molar-refractivity contribution in [1.82, 2.24) is 14.7 Å². The molecule has 0 radical (unpaired) electrons. The zero-order valence-corrected chi connectivity index (χ0v) is 19.3. The van der Waals surface area contributed by atoms with Gasteiger partial charge in [-0.05, 0) is 59.0 Å². The van der Waals surface area contributed by atoms with E-state index in [1.54, 1.807) is 0 Å². The van der Waals surface area contributed by atoms with Crippen molar-refractivity contribution < 1.29 is 9.47 Å². The highest BCUT2D eigenvalue weighted by molar-refractivity contribution is 5.99. The van der Waals surface area contributed by atoms with Crippen LogP contribution < -0.4 is 0 Å². The second-order valence-corrected chi connectivity index (χ2v) is 9.56. The molecule has 1 saturated heterocycles. The quantitative estimate of drug-likeness (QED) is 0.388. The van der Waals surface area contributed by atoms with Gasteiger partial charge in [-0.1, -0.05) is 54.6 Å². The second kappa shape index (κ2) is 7.81. The van der Waals surface area contributed by atoms with Gasteiger partial charge in [0.2, 0.25) is 0 Å². The average Bonchev–Trinajstić information content (AvgIpc) is 3.69. The van der Waals surface area contributed by atoms with Gasteiger partial charge in [-0.25, -0.2) is 4.90 Å². The van der Waals surface area contributed by atoms with Crippen molar-refractivity contribution in [2.75, 3.05) is 32.7 Å². The molecule has 4 aliphatic rings. The molecule has 3 aromatic carbocycles. The lowest BCUT2D eigenvalue weighted by Gasteiger charge is -2.38. The molecule has 5 nitrogen and oxygen atoms in total. The van der Waals surface area contributed by atoms with Crippen LogP contribution in [-0.2, 0) is 15.4 Å². The van der Waals surface area contributed by atoms with Gasteiger partial charge >= 0.3 is 5.91 Å². The van der Waals surface area contributed by atoms with E-state index in [-0.39, 0.29) is 0 Å². The number of hydrogen-bond acceptors (Lipinski definition) is 5. The Bertz CT molecular complexity index is 1350. The lowest BCUT2D eigenvalue weighted by Crippen LogP contribution is -2.47. The molecule has 0 aliphatic carbocycles. The van der Waals surface area contributed by atoms with Gasteiger partial charge in [0.1, 0.15) is 0 Å². The topological polar surface area (TPSA) is 28.2 Å². The van der Waals surface area contributed by atoms with Crippen molar-refractivity contribution in [3.63, 3.8) is 0 Å². The number of benzene rings is 3.